The number of carboxylic acids is 1. The second-order valence-corrected chi connectivity index (χ2v) is 4.30. The van der Waals surface area contributed by atoms with Crippen molar-refractivity contribution in [1.29, 1.82) is 0 Å². The molecule has 2 atom stereocenters. The molecular formula is C13H17NO3S. The van der Waals surface area contributed by atoms with E-state index in [2.05, 4.69) is 17.9 Å². The largest absolute Gasteiger partial charge is 0.480 e. The number of Topliss-reactive ketones (excluding diaryl/α,β-unsaturated/α-hetero) is 1. The molecule has 0 aliphatic rings. The minimum absolute atomic E-state index is 0.0915. The Morgan fingerprint density at radius 2 is 1.89 bits per heavy atom. The van der Waals surface area contributed by atoms with Crippen molar-refractivity contribution in [2.45, 2.75) is 25.4 Å². The molecule has 0 aromatic heterocycles. The first kappa shape index (κ1) is 14.7. The molecule has 0 amide bonds. The molecule has 0 heterocycles. The number of aliphatic carboxylic acids is 1. The van der Waals surface area contributed by atoms with Crippen LogP contribution in [0.15, 0.2) is 30.3 Å². The van der Waals surface area contributed by atoms with Crippen LogP contribution in [0.2, 0.25) is 0 Å². The molecule has 18 heavy (non-hydrogen) atoms. The topological polar surface area (TPSA) is 66.4 Å². The number of carbonyl (C=O) groups excluding carboxylic acids is 1. The fraction of sp³-hybridized carbons (Fsp3) is 0.385. The van der Waals surface area contributed by atoms with Crippen molar-refractivity contribution in [2.24, 2.45) is 0 Å². The molecule has 1 aromatic rings. The van der Waals surface area contributed by atoms with Crippen LogP contribution in [0.3, 0.4) is 0 Å². The first-order chi connectivity index (χ1) is 8.60. The van der Waals surface area contributed by atoms with Crippen LogP contribution in [0.5, 0.6) is 0 Å². The van der Waals surface area contributed by atoms with Gasteiger partial charge in [0.25, 0.3) is 0 Å². The fourth-order valence-electron chi connectivity index (χ4n) is 1.63. The van der Waals surface area contributed by atoms with E-state index in [0.717, 1.165) is 0 Å². The zero-order valence-corrected chi connectivity index (χ0v) is 11.1. The molecule has 0 spiro atoms. The highest BCUT2D eigenvalue weighted by Gasteiger charge is 2.24. The van der Waals surface area contributed by atoms with Crippen LogP contribution >= 0.6 is 12.6 Å². The number of ketones is 1. The smallest absolute Gasteiger partial charge is 0.321 e. The Kier molecular flexibility index (Phi) is 5.88. The normalized spacial score (nSPS) is 13.9. The first-order valence-electron chi connectivity index (χ1n) is 5.79. The van der Waals surface area contributed by atoms with Gasteiger partial charge in [0.05, 0.1) is 6.04 Å². The highest BCUT2D eigenvalue weighted by molar-refractivity contribution is 7.80. The van der Waals surface area contributed by atoms with E-state index < -0.39 is 18.1 Å². The molecule has 5 heteroatoms. The Balaban J connectivity index is 2.78. The summed E-state index contributed by atoms with van der Waals surface area (Å²) in [6, 6.07) is 7.54. The third-order valence-corrected chi connectivity index (χ3v) is 3.03. The van der Waals surface area contributed by atoms with Crippen molar-refractivity contribution in [1.82, 2.24) is 5.32 Å². The number of hydrogen-bond acceptors (Lipinski definition) is 4. The van der Waals surface area contributed by atoms with Crippen LogP contribution in [0.25, 0.3) is 0 Å². The highest BCUT2D eigenvalue weighted by atomic mass is 32.1. The van der Waals surface area contributed by atoms with Gasteiger partial charge in [0.1, 0.15) is 6.04 Å². The van der Waals surface area contributed by atoms with Gasteiger partial charge in [0.15, 0.2) is 5.78 Å². The summed E-state index contributed by atoms with van der Waals surface area (Å²) in [5.41, 5.74) is 0.583. The summed E-state index contributed by atoms with van der Waals surface area (Å²) in [6.45, 7) is 1.84. The number of thiol groups is 1. The van der Waals surface area contributed by atoms with Gasteiger partial charge in [-0.15, -0.1) is 0 Å². The zero-order valence-electron chi connectivity index (χ0n) is 10.2. The van der Waals surface area contributed by atoms with E-state index in [-0.39, 0.29) is 11.5 Å². The number of carboxylic acid groups (broad SMARTS) is 1. The van der Waals surface area contributed by atoms with Crippen LogP contribution in [-0.2, 0) is 4.79 Å². The van der Waals surface area contributed by atoms with E-state index in [1.54, 1.807) is 24.3 Å². The summed E-state index contributed by atoms with van der Waals surface area (Å²) >= 11 is 3.97. The van der Waals surface area contributed by atoms with Crippen LogP contribution in [-0.4, -0.2) is 34.7 Å². The van der Waals surface area contributed by atoms with Crippen molar-refractivity contribution in [2.75, 3.05) is 5.75 Å². The summed E-state index contributed by atoms with van der Waals surface area (Å²) < 4.78 is 0. The third-order valence-electron chi connectivity index (χ3n) is 2.67. The lowest BCUT2D eigenvalue weighted by atomic mass is 10.0. The van der Waals surface area contributed by atoms with Crippen molar-refractivity contribution in [3.8, 4) is 0 Å². The molecule has 1 rings (SSSR count). The maximum absolute atomic E-state index is 12.2. The quantitative estimate of drug-likeness (QED) is 0.519. The molecule has 0 aliphatic heterocycles. The molecule has 0 saturated carbocycles. The highest BCUT2D eigenvalue weighted by Crippen LogP contribution is 2.07. The summed E-state index contributed by atoms with van der Waals surface area (Å²) in [7, 11) is 0. The number of carbonyl (C=O) groups is 2. The standard InChI is InChI=1S/C13H17NO3S/c1-2-10(14-11(8-18)13(16)17)12(15)9-6-4-3-5-7-9/h3-7,10-11,14,18H,2,8H2,1H3,(H,16,17). The predicted molar refractivity (Wildman–Crippen MR) is 73.3 cm³/mol. The maximum atomic E-state index is 12.2. The van der Waals surface area contributed by atoms with Gasteiger partial charge in [0, 0.05) is 11.3 Å². The Labute approximate surface area is 112 Å². The van der Waals surface area contributed by atoms with Crippen molar-refractivity contribution in [3.63, 3.8) is 0 Å². The molecule has 0 bridgehead atoms. The molecule has 98 valence electrons. The van der Waals surface area contributed by atoms with Gasteiger partial charge in [-0.25, -0.2) is 0 Å². The predicted octanol–water partition coefficient (Wildman–Crippen LogP) is 1.62. The van der Waals surface area contributed by atoms with Gasteiger partial charge in [-0.1, -0.05) is 37.3 Å². The summed E-state index contributed by atoms with van der Waals surface area (Å²) in [5.74, 6) is -0.941. The lowest BCUT2D eigenvalue weighted by Crippen LogP contribution is -2.47. The second-order valence-electron chi connectivity index (χ2n) is 3.93. The van der Waals surface area contributed by atoms with E-state index in [0.29, 0.717) is 12.0 Å². The number of nitrogens with one attached hydrogen (secondary N) is 1. The van der Waals surface area contributed by atoms with Crippen LogP contribution < -0.4 is 5.32 Å². The molecule has 4 nitrogen and oxygen atoms in total. The summed E-state index contributed by atoms with van der Waals surface area (Å²) in [4.78, 5) is 23.1. The van der Waals surface area contributed by atoms with Gasteiger partial charge in [-0.05, 0) is 6.42 Å². The summed E-state index contributed by atoms with van der Waals surface area (Å²) in [5, 5.41) is 11.8. The maximum Gasteiger partial charge on any atom is 0.321 e. The van der Waals surface area contributed by atoms with E-state index in [1.165, 1.54) is 0 Å². The minimum Gasteiger partial charge on any atom is -0.480 e. The van der Waals surface area contributed by atoms with E-state index >= 15 is 0 Å². The molecule has 0 fully saturated rings. The Morgan fingerprint density at radius 1 is 1.28 bits per heavy atom. The fourth-order valence-corrected chi connectivity index (χ4v) is 1.89. The summed E-state index contributed by atoms with van der Waals surface area (Å²) in [6.07, 6.45) is 0.533. The van der Waals surface area contributed by atoms with Crippen LogP contribution in [0.4, 0.5) is 0 Å². The third kappa shape index (κ3) is 3.85. The Morgan fingerprint density at radius 3 is 2.33 bits per heavy atom. The molecule has 1 aromatic carbocycles. The molecule has 0 radical (unpaired) electrons. The number of benzene rings is 1. The average Bonchev–Trinajstić information content (AvgIpc) is 2.40. The molecule has 0 saturated heterocycles. The lowest BCUT2D eigenvalue weighted by molar-refractivity contribution is -0.138. The second kappa shape index (κ2) is 7.18. The van der Waals surface area contributed by atoms with Crippen molar-refractivity contribution < 1.29 is 14.7 Å². The van der Waals surface area contributed by atoms with Crippen molar-refractivity contribution in [3.05, 3.63) is 35.9 Å². The SMILES string of the molecule is CCC(NC(CS)C(=O)O)C(=O)c1ccccc1. The molecule has 0 aliphatic carbocycles. The van der Waals surface area contributed by atoms with E-state index in [1.807, 2.05) is 13.0 Å². The van der Waals surface area contributed by atoms with E-state index in [9.17, 15) is 9.59 Å². The molecular weight excluding hydrogens is 250 g/mol. The molecule has 2 unspecified atom stereocenters. The zero-order chi connectivity index (χ0) is 13.5. The monoisotopic (exact) mass is 267 g/mol. The average molecular weight is 267 g/mol. The Hall–Kier alpha value is -1.33. The van der Waals surface area contributed by atoms with Crippen LogP contribution in [0.1, 0.15) is 23.7 Å². The number of rotatable bonds is 7. The first-order valence-corrected chi connectivity index (χ1v) is 6.42. The van der Waals surface area contributed by atoms with Gasteiger partial charge >= 0.3 is 5.97 Å². The van der Waals surface area contributed by atoms with Gasteiger partial charge in [0.2, 0.25) is 0 Å². The van der Waals surface area contributed by atoms with Gasteiger partial charge < -0.3 is 5.11 Å². The minimum atomic E-state index is -0.996. The van der Waals surface area contributed by atoms with Gasteiger partial charge in [-0.2, -0.15) is 12.6 Å². The molecule has 2 N–H and O–H groups in total. The number of hydrogen-bond donors (Lipinski definition) is 3. The van der Waals surface area contributed by atoms with Crippen molar-refractivity contribution >= 4 is 24.4 Å². The van der Waals surface area contributed by atoms with Gasteiger partial charge in [-0.3, -0.25) is 14.9 Å². The van der Waals surface area contributed by atoms with Crippen LogP contribution in [0, 0.1) is 0 Å². The Bertz CT molecular complexity index is 408. The van der Waals surface area contributed by atoms with E-state index in [4.69, 9.17) is 5.11 Å². The lowest BCUT2D eigenvalue weighted by Gasteiger charge is -2.20.